The third-order valence-corrected chi connectivity index (χ3v) is 7.16. The molecule has 0 unspecified atom stereocenters. The zero-order valence-electron chi connectivity index (χ0n) is 20.2. The maximum Gasteiger partial charge on any atom is 0.414 e. The summed E-state index contributed by atoms with van der Waals surface area (Å²) in [5.74, 6) is -0.878. The molecule has 0 spiro atoms. The average Bonchev–Trinajstić information content (AvgIpc) is 2.81. The Morgan fingerprint density at radius 1 is 1.22 bits per heavy atom. The zero-order chi connectivity index (χ0) is 26.6. The number of nitrogens with one attached hydrogen (secondary N) is 1. The number of sulfonamides is 1. The summed E-state index contributed by atoms with van der Waals surface area (Å²) in [7, 11) is 0.406. The van der Waals surface area contributed by atoms with E-state index in [1.165, 1.54) is 50.4 Å². The Hall–Kier alpha value is -2.99. The van der Waals surface area contributed by atoms with Gasteiger partial charge >= 0.3 is 11.7 Å². The van der Waals surface area contributed by atoms with E-state index in [1.807, 2.05) is 0 Å². The van der Waals surface area contributed by atoms with Crippen molar-refractivity contribution in [3.8, 4) is 5.75 Å². The van der Waals surface area contributed by atoms with Crippen LogP contribution < -0.4 is 15.1 Å². The number of amides is 1. The highest BCUT2D eigenvalue weighted by Crippen LogP contribution is 2.32. The van der Waals surface area contributed by atoms with Gasteiger partial charge in [0, 0.05) is 57.8 Å². The Kier molecular flexibility index (Phi) is 8.72. The molecule has 0 radical (unpaired) electrons. The van der Waals surface area contributed by atoms with E-state index < -0.39 is 32.5 Å². The Bertz CT molecular complexity index is 1460. The number of nitrogens with zero attached hydrogens (tertiary/aromatic N) is 1. The number of methoxy groups -OCH3 is 1. The lowest BCUT2D eigenvalue weighted by atomic mass is 9.99. The van der Waals surface area contributed by atoms with Gasteiger partial charge in [-0.05, 0) is 42.7 Å². The van der Waals surface area contributed by atoms with E-state index in [9.17, 15) is 22.4 Å². The Morgan fingerprint density at radius 3 is 2.61 bits per heavy atom. The molecule has 0 atom stereocenters. The third-order valence-electron chi connectivity index (χ3n) is 5.39. The normalized spacial score (nSPS) is 11.6. The number of fused-ring (bicyclic) bond motifs is 1. The van der Waals surface area contributed by atoms with E-state index in [0.717, 1.165) is 6.07 Å². The van der Waals surface area contributed by atoms with Crippen LogP contribution in [-0.2, 0) is 21.2 Å². The lowest BCUT2D eigenvalue weighted by Crippen LogP contribution is -2.26. The Morgan fingerprint density at radius 2 is 1.94 bits per heavy atom. The smallest absolute Gasteiger partial charge is 0.414 e. The number of halogens is 2. The van der Waals surface area contributed by atoms with Crippen LogP contribution in [0.4, 0.5) is 9.18 Å². The van der Waals surface area contributed by atoms with Crippen LogP contribution in [0.15, 0.2) is 44.4 Å². The molecule has 3 rings (SSSR count). The zero-order valence-corrected chi connectivity index (χ0v) is 21.8. The van der Waals surface area contributed by atoms with Crippen LogP contribution in [0.1, 0.15) is 23.1 Å². The number of aryl methyl sites for hydroxylation is 1. The van der Waals surface area contributed by atoms with Gasteiger partial charge in [0.15, 0.2) is 5.75 Å². The van der Waals surface area contributed by atoms with Crippen LogP contribution in [0.2, 0.25) is 5.02 Å². The van der Waals surface area contributed by atoms with Gasteiger partial charge < -0.3 is 18.8 Å². The van der Waals surface area contributed by atoms with Crippen molar-refractivity contribution in [2.75, 3.05) is 34.4 Å². The predicted octanol–water partition coefficient (Wildman–Crippen LogP) is 3.86. The predicted molar refractivity (Wildman–Crippen MR) is 133 cm³/mol. The molecule has 1 aromatic heterocycles. The molecule has 0 aliphatic carbocycles. The highest BCUT2D eigenvalue weighted by molar-refractivity contribution is 7.89. The van der Waals surface area contributed by atoms with Gasteiger partial charge in [0.05, 0.1) is 5.02 Å². The van der Waals surface area contributed by atoms with Gasteiger partial charge in [0.1, 0.15) is 16.3 Å². The van der Waals surface area contributed by atoms with Gasteiger partial charge in [0.2, 0.25) is 10.0 Å². The minimum absolute atomic E-state index is 0.00837. The molecule has 2 aromatic carbocycles. The van der Waals surface area contributed by atoms with E-state index in [4.69, 9.17) is 25.5 Å². The molecule has 1 N–H and O–H groups in total. The molecule has 12 heteroatoms. The molecule has 0 fully saturated rings. The summed E-state index contributed by atoms with van der Waals surface area (Å²) in [6.07, 6.45) is -0.236. The maximum absolute atomic E-state index is 14.4. The first-order valence-corrected chi connectivity index (χ1v) is 12.7. The summed E-state index contributed by atoms with van der Waals surface area (Å²) in [4.78, 5) is 25.4. The average molecular weight is 541 g/mol. The highest BCUT2D eigenvalue weighted by atomic mass is 35.5. The fraction of sp³-hybridized carbons (Fsp3) is 0.333. The molecule has 3 aromatic rings. The SMILES string of the molecule is COCCCNS(=O)(=O)c1cc(Cc2c(C)c3cc(Cl)c(OC(=O)N(C)C)cc3oc2=O)ccc1F. The molecule has 0 saturated carbocycles. The van der Waals surface area contributed by atoms with E-state index in [1.54, 1.807) is 6.92 Å². The van der Waals surface area contributed by atoms with Crippen molar-refractivity contribution in [1.82, 2.24) is 9.62 Å². The van der Waals surface area contributed by atoms with Gasteiger partial charge in [0.25, 0.3) is 0 Å². The number of rotatable bonds is 9. The molecule has 1 heterocycles. The number of hydrogen-bond donors (Lipinski definition) is 1. The van der Waals surface area contributed by atoms with Gasteiger partial charge in [-0.2, -0.15) is 0 Å². The van der Waals surface area contributed by atoms with Crippen molar-refractivity contribution < 1.29 is 31.5 Å². The number of ether oxygens (including phenoxy) is 2. The summed E-state index contributed by atoms with van der Waals surface area (Å²) in [5, 5.41) is 0.643. The first-order chi connectivity index (χ1) is 16.9. The fourth-order valence-electron chi connectivity index (χ4n) is 3.43. The monoisotopic (exact) mass is 540 g/mol. The summed E-state index contributed by atoms with van der Waals surface area (Å²) < 4.78 is 57.4. The van der Waals surface area contributed by atoms with Crippen LogP contribution in [0.5, 0.6) is 5.75 Å². The second-order valence-corrected chi connectivity index (χ2v) is 10.4. The summed E-state index contributed by atoms with van der Waals surface area (Å²) in [5.41, 5.74) is 0.680. The van der Waals surface area contributed by atoms with E-state index in [2.05, 4.69) is 4.72 Å². The number of carbonyl (C=O) groups is 1. The summed E-state index contributed by atoms with van der Waals surface area (Å²) in [6, 6.07) is 6.50. The second kappa shape index (κ2) is 11.4. The van der Waals surface area contributed by atoms with Crippen LogP contribution in [0.3, 0.4) is 0 Å². The molecule has 36 heavy (non-hydrogen) atoms. The van der Waals surface area contributed by atoms with Crippen molar-refractivity contribution in [1.29, 1.82) is 0 Å². The first kappa shape index (κ1) is 27.6. The van der Waals surface area contributed by atoms with E-state index in [0.29, 0.717) is 29.5 Å². The second-order valence-electron chi connectivity index (χ2n) is 8.22. The van der Waals surface area contributed by atoms with E-state index in [-0.39, 0.29) is 34.9 Å². The number of benzene rings is 2. The van der Waals surface area contributed by atoms with Crippen molar-refractivity contribution in [2.24, 2.45) is 0 Å². The molecular weight excluding hydrogens is 515 g/mol. The van der Waals surface area contributed by atoms with Crippen molar-refractivity contribution in [2.45, 2.75) is 24.7 Å². The van der Waals surface area contributed by atoms with Crippen LogP contribution in [0, 0.1) is 12.7 Å². The lowest BCUT2D eigenvalue weighted by molar-refractivity contribution is 0.172. The van der Waals surface area contributed by atoms with Gasteiger partial charge in [-0.25, -0.2) is 27.1 Å². The van der Waals surface area contributed by atoms with Crippen molar-refractivity contribution in [3.05, 3.63) is 68.3 Å². The first-order valence-electron chi connectivity index (χ1n) is 10.9. The molecule has 0 bridgehead atoms. The quantitative estimate of drug-likeness (QED) is 0.324. The molecule has 0 aliphatic rings. The number of carbonyl (C=O) groups excluding carboxylic acids is 1. The standard InChI is InChI=1S/C24H26ClFN2O7S/c1-14-16-12-18(25)21(35-24(30)28(2)3)13-20(16)34-23(29)17(14)10-15-6-7-19(26)22(11-15)36(31,32)27-8-5-9-33-4/h6-7,11-13,27H,5,8-10H2,1-4H3. The molecule has 0 saturated heterocycles. The van der Waals surface area contributed by atoms with Crippen LogP contribution in [0.25, 0.3) is 11.0 Å². The van der Waals surface area contributed by atoms with E-state index >= 15 is 0 Å². The Balaban J connectivity index is 1.95. The summed E-state index contributed by atoms with van der Waals surface area (Å²) >= 11 is 6.29. The lowest BCUT2D eigenvalue weighted by Gasteiger charge is -2.14. The molecule has 194 valence electrons. The molecule has 9 nitrogen and oxygen atoms in total. The molecule has 0 aliphatic heterocycles. The van der Waals surface area contributed by atoms with Crippen molar-refractivity contribution >= 4 is 38.7 Å². The fourth-order valence-corrected chi connectivity index (χ4v) is 4.83. The van der Waals surface area contributed by atoms with Gasteiger partial charge in [-0.15, -0.1) is 0 Å². The van der Waals surface area contributed by atoms with Crippen LogP contribution in [-0.4, -0.2) is 53.8 Å². The van der Waals surface area contributed by atoms with Crippen molar-refractivity contribution in [3.63, 3.8) is 0 Å². The van der Waals surface area contributed by atoms with Crippen LogP contribution >= 0.6 is 11.6 Å². The topological polar surface area (TPSA) is 115 Å². The van der Waals surface area contributed by atoms with Gasteiger partial charge in [-0.1, -0.05) is 17.7 Å². The highest BCUT2D eigenvalue weighted by Gasteiger charge is 2.21. The minimum atomic E-state index is -4.11. The number of hydrogen-bond acceptors (Lipinski definition) is 7. The Labute approximate surface area is 212 Å². The largest absolute Gasteiger partial charge is 0.422 e. The third kappa shape index (κ3) is 6.22. The minimum Gasteiger partial charge on any atom is -0.422 e. The maximum atomic E-state index is 14.4. The molecular formula is C24H26ClFN2O7S. The van der Waals surface area contributed by atoms with Gasteiger partial charge in [-0.3, -0.25) is 0 Å². The molecule has 1 amide bonds. The summed E-state index contributed by atoms with van der Waals surface area (Å²) in [6.45, 7) is 2.13.